The summed E-state index contributed by atoms with van der Waals surface area (Å²) in [5.74, 6) is -0.170. The Kier molecular flexibility index (Phi) is 9.79. The topological polar surface area (TPSA) is 126 Å². The van der Waals surface area contributed by atoms with Gasteiger partial charge in [0.05, 0.1) is 44.5 Å². The highest BCUT2D eigenvalue weighted by Gasteiger charge is 2.72. The summed E-state index contributed by atoms with van der Waals surface area (Å²) in [4.78, 5) is 26.9. The van der Waals surface area contributed by atoms with Gasteiger partial charge in [0, 0.05) is 17.2 Å². The van der Waals surface area contributed by atoms with Gasteiger partial charge in [0.1, 0.15) is 5.69 Å². The lowest BCUT2D eigenvalue weighted by atomic mass is 9.34. The lowest BCUT2D eigenvalue weighted by molar-refractivity contribution is -0.254. The number of allylic oxidation sites excluding steroid dienone is 1. The molecule has 6 rings (SSSR count). The van der Waals surface area contributed by atoms with Crippen LogP contribution in [-0.4, -0.2) is 64.9 Å². The summed E-state index contributed by atoms with van der Waals surface area (Å²) in [6.45, 7) is 26.0. The minimum absolute atomic E-state index is 0.181. The van der Waals surface area contributed by atoms with Gasteiger partial charge in [0.15, 0.2) is 0 Å². The molecule has 1 saturated heterocycles. The van der Waals surface area contributed by atoms with E-state index in [1.165, 1.54) is 5.57 Å². The Morgan fingerprint density at radius 3 is 2.43 bits per heavy atom. The summed E-state index contributed by atoms with van der Waals surface area (Å²) in [5, 5.41) is 16.0. The lowest BCUT2D eigenvalue weighted by Crippen LogP contribution is -2.70. The van der Waals surface area contributed by atoms with Crippen LogP contribution < -0.4 is 5.73 Å². The van der Waals surface area contributed by atoms with E-state index in [4.69, 9.17) is 25.0 Å². The van der Waals surface area contributed by atoms with Crippen molar-refractivity contribution in [1.29, 1.82) is 0 Å². The number of nitrogens with two attached hydrogens (primary N) is 1. The molecule has 1 aromatic heterocycles. The molecule has 286 valence electrons. The molecule has 4 fully saturated rings. The van der Waals surface area contributed by atoms with Gasteiger partial charge in [0.2, 0.25) is 0 Å². The normalized spacial score (nSPS) is 42.2. The molecule has 0 aromatic carbocycles. The Balaban J connectivity index is 1.53. The van der Waals surface area contributed by atoms with Crippen molar-refractivity contribution >= 4 is 11.9 Å². The minimum Gasteiger partial charge on any atom is -0.481 e. The van der Waals surface area contributed by atoms with Gasteiger partial charge in [-0.1, -0.05) is 74.0 Å². The van der Waals surface area contributed by atoms with Crippen molar-refractivity contribution in [1.82, 2.24) is 9.78 Å². The summed E-state index contributed by atoms with van der Waals surface area (Å²) < 4.78 is 21.4. The van der Waals surface area contributed by atoms with E-state index < -0.39 is 28.3 Å². The maximum Gasteiger partial charge on any atom is 0.356 e. The van der Waals surface area contributed by atoms with Crippen LogP contribution in [-0.2, 0) is 19.0 Å². The highest BCUT2D eigenvalue weighted by atomic mass is 16.5. The lowest BCUT2D eigenvalue weighted by Gasteiger charge is -2.71. The summed E-state index contributed by atoms with van der Waals surface area (Å²) in [5.41, 5.74) is 6.54. The van der Waals surface area contributed by atoms with E-state index in [0.717, 1.165) is 32.1 Å². The fourth-order valence-electron chi connectivity index (χ4n) is 12.5. The molecule has 51 heavy (non-hydrogen) atoms. The number of aliphatic carboxylic acids is 1. The van der Waals surface area contributed by atoms with E-state index in [9.17, 15) is 14.7 Å². The number of carboxylic acids is 1. The number of aromatic nitrogens is 2. The van der Waals surface area contributed by atoms with Gasteiger partial charge in [-0.15, -0.1) is 0 Å². The van der Waals surface area contributed by atoms with Gasteiger partial charge < -0.3 is 25.1 Å². The SMILES string of the molecule is CCOC(=O)c1ccnn1[C@@H]1C[C@]2(C)COC[C@@]3(C4=CC[C@@]5(C)[C@H](C(=O)O)[C@@](C)([C@H](C)C(C)C)CC[C@]5(C)[C@H]4CC[C@H]23)[C@H]1OC[C@](C)(N)C(C)C. The summed E-state index contributed by atoms with van der Waals surface area (Å²) in [7, 11) is 0. The summed E-state index contributed by atoms with van der Waals surface area (Å²) in [6, 6.07) is 1.51. The number of ether oxygens (including phenoxy) is 3. The van der Waals surface area contributed by atoms with Crippen LogP contribution in [0.3, 0.4) is 0 Å². The van der Waals surface area contributed by atoms with Crippen LogP contribution >= 0.6 is 0 Å². The Bertz CT molecular complexity index is 1530. The first kappa shape index (κ1) is 38.5. The second-order valence-corrected chi connectivity index (χ2v) is 19.4. The maximum atomic E-state index is 13.6. The largest absolute Gasteiger partial charge is 0.481 e. The number of carboxylic acid groups (broad SMARTS) is 1. The van der Waals surface area contributed by atoms with Crippen LogP contribution in [0.15, 0.2) is 23.9 Å². The molecule has 5 aliphatic rings. The summed E-state index contributed by atoms with van der Waals surface area (Å²) >= 11 is 0. The first-order chi connectivity index (χ1) is 23.7. The zero-order valence-corrected chi connectivity index (χ0v) is 33.4. The van der Waals surface area contributed by atoms with Crippen molar-refractivity contribution in [2.24, 2.45) is 68.3 Å². The first-order valence-corrected chi connectivity index (χ1v) is 19.9. The first-order valence-electron chi connectivity index (χ1n) is 19.9. The Morgan fingerprint density at radius 2 is 1.80 bits per heavy atom. The molecule has 1 aliphatic heterocycles. The molecule has 0 radical (unpaired) electrons. The van der Waals surface area contributed by atoms with Crippen molar-refractivity contribution in [2.45, 2.75) is 132 Å². The number of rotatable bonds is 10. The third kappa shape index (κ3) is 5.51. The quantitative estimate of drug-likeness (QED) is 0.185. The van der Waals surface area contributed by atoms with Crippen molar-refractivity contribution in [3.8, 4) is 0 Å². The second-order valence-electron chi connectivity index (χ2n) is 19.4. The molecular formula is C42H67N3O6. The van der Waals surface area contributed by atoms with Crippen LogP contribution in [0.5, 0.6) is 0 Å². The molecule has 0 amide bonds. The average molecular weight is 710 g/mol. The molecule has 3 N–H and O–H groups in total. The molecule has 0 spiro atoms. The number of fused-ring (bicyclic) bond motifs is 3. The van der Waals surface area contributed by atoms with Crippen molar-refractivity contribution in [3.63, 3.8) is 0 Å². The van der Waals surface area contributed by atoms with Crippen LogP contribution in [0, 0.1) is 62.6 Å². The monoisotopic (exact) mass is 710 g/mol. The average Bonchev–Trinajstić information content (AvgIpc) is 3.54. The second kappa shape index (κ2) is 13.0. The number of carbonyl (C=O) groups is 2. The molecule has 1 aromatic rings. The maximum absolute atomic E-state index is 13.6. The van der Waals surface area contributed by atoms with Gasteiger partial charge >= 0.3 is 11.9 Å². The minimum atomic E-state index is -0.657. The van der Waals surface area contributed by atoms with Crippen LogP contribution in [0.4, 0.5) is 0 Å². The predicted molar refractivity (Wildman–Crippen MR) is 198 cm³/mol. The summed E-state index contributed by atoms with van der Waals surface area (Å²) in [6.07, 6.45) is 9.15. The van der Waals surface area contributed by atoms with Crippen LogP contribution in [0.1, 0.15) is 131 Å². The number of hydrogen-bond acceptors (Lipinski definition) is 7. The zero-order valence-electron chi connectivity index (χ0n) is 33.4. The number of hydrogen-bond donors (Lipinski definition) is 2. The van der Waals surface area contributed by atoms with E-state index in [1.807, 2.05) is 11.6 Å². The highest BCUT2D eigenvalue weighted by molar-refractivity contribution is 5.87. The third-order valence-electron chi connectivity index (χ3n) is 16.4. The molecule has 12 atom stereocenters. The van der Waals surface area contributed by atoms with Gasteiger partial charge in [-0.2, -0.15) is 5.10 Å². The number of nitrogens with zero attached hydrogens (tertiary/aromatic N) is 2. The zero-order chi connectivity index (χ0) is 37.5. The van der Waals surface area contributed by atoms with Crippen LogP contribution in [0.25, 0.3) is 0 Å². The van der Waals surface area contributed by atoms with E-state index in [0.29, 0.717) is 43.8 Å². The highest BCUT2D eigenvalue weighted by Crippen LogP contribution is 2.75. The van der Waals surface area contributed by atoms with Gasteiger partial charge in [-0.05, 0) is 110 Å². The molecule has 9 heteroatoms. The molecule has 2 bridgehead atoms. The number of carbonyl (C=O) groups excluding carboxylic acids is 1. The van der Waals surface area contributed by atoms with E-state index in [-0.39, 0.29) is 58.7 Å². The molecule has 3 saturated carbocycles. The number of esters is 1. The van der Waals surface area contributed by atoms with Crippen molar-refractivity contribution < 1.29 is 28.9 Å². The Morgan fingerprint density at radius 1 is 1.10 bits per heavy atom. The third-order valence-corrected chi connectivity index (χ3v) is 16.4. The van der Waals surface area contributed by atoms with Crippen molar-refractivity contribution in [2.75, 3.05) is 26.4 Å². The smallest absolute Gasteiger partial charge is 0.356 e. The van der Waals surface area contributed by atoms with Gasteiger partial charge in [0.25, 0.3) is 0 Å². The predicted octanol–water partition coefficient (Wildman–Crippen LogP) is 7.95. The fraction of sp³-hybridized carbons (Fsp3) is 0.833. The van der Waals surface area contributed by atoms with Crippen molar-refractivity contribution in [3.05, 3.63) is 29.6 Å². The fourth-order valence-corrected chi connectivity index (χ4v) is 12.5. The molecule has 0 unspecified atom stereocenters. The molecular weight excluding hydrogens is 642 g/mol. The molecule has 4 aliphatic carbocycles. The standard InChI is InChI=1S/C42H67N3O6/c1-12-50-36(48)30-16-20-44-45(30)31-21-37(7)22-49-24-42(34(31)51-23-41(11,43)26(4)5)29-15-17-40(10)33(35(46)47)38(8,27(6)25(2)3)18-19-39(40,9)28(29)13-14-32(37)42/h15-16,20,25-28,31-34H,12-14,17-19,21-24,43H2,1-11H3,(H,46,47)/t27-,28+,31-,32-,33-,34+,37-,38-,39-,40+,41+,42+/m1/s1. The Labute approximate surface area is 306 Å². The van der Waals surface area contributed by atoms with E-state index in [1.54, 1.807) is 12.3 Å². The van der Waals surface area contributed by atoms with Crippen LogP contribution in [0.2, 0.25) is 0 Å². The molecule has 2 heterocycles. The van der Waals surface area contributed by atoms with Gasteiger partial charge in [-0.25, -0.2) is 4.79 Å². The van der Waals surface area contributed by atoms with E-state index in [2.05, 4.69) is 75.3 Å². The van der Waals surface area contributed by atoms with Gasteiger partial charge in [-0.3, -0.25) is 9.48 Å². The molecule has 9 nitrogen and oxygen atoms in total. The van der Waals surface area contributed by atoms with E-state index >= 15 is 0 Å². The Hall–Kier alpha value is -2.23.